The number of hydrogen-bond donors (Lipinski definition) is 2. The zero-order valence-corrected chi connectivity index (χ0v) is 2.55. The molecule has 0 saturated heterocycles. The van der Waals surface area contributed by atoms with Gasteiger partial charge in [0.15, 0.2) is 0 Å². The molecule has 0 rings (SSSR count). The van der Waals surface area contributed by atoms with E-state index in [9.17, 15) is 0 Å². The Labute approximate surface area is 31.2 Å². The first-order valence-electron chi connectivity index (χ1n) is 0.323. The van der Waals surface area contributed by atoms with Gasteiger partial charge in [0.1, 0.15) is 0 Å². The van der Waals surface area contributed by atoms with E-state index in [4.69, 9.17) is 14.3 Å². The zero-order chi connectivity index (χ0) is 4.00. The third-order valence-corrected chi connectivity index (χ3v) is 0. The average molecular weight is 114 g/mol. The fraction of sp³-hybridized carbons (Fsp3) is 0. The van der Waals surface area contributed by atoms with Gasteiger partial charge >= 0.3 is 19.8 Å². The van der Waals surface area contributed by atoms with E-state index in [1.807, 2.05) is 0 Å². The molecule has 0 saturated carbocycles. The van der Waals surface area contributed by atoms with Gasteiger partial charge in [-0.15, -0.1) is 0 Å². The van der Waals surface area contributed by atoms with Crippen molar-refractivity contribution in [3.63, 3.8) is 0 Å². The first-order valence-corrected chi connectivity index (χ1v) is 0.708. The summed E-state index contributed by atoms with van der Waals surface area (Å²) in [6, 6.07) is 0. The molecule has 0 aliphatic rings. The maximum absolute atomic E-state index is 7.81. The summed E-state index contributed by atoms with van der Waals surface area (Å²) in [6.07, 6.45) is 0. The Morgan fingerprint density at radius 1 is 1.25 bits per heavy atom. The zero-order valence-electron chi connectivity index (χ0n) is 1.60. The molecule has 0 aromatic rings. The van der Waals surface area contributed by atoms with Crippen LogP contribution in [0, 0.1) is 0 Å². The molecule has 2 N–H and O–H groups in total. The normalized spacial score (nSPS) is 3.00. The molecule has 4 heteroatoms. The molecule has 0 aliphatic carbocycles. The average Bonchev–Trinajstić information content (AvgIpc) is 1.50. The molecular formula is H2CuO3. The molecule has 31 valence electrons. The molecule has 0 heterocycles. The van der Waals surface area contributed by atoms with Crippen molar-refractivity contribution in [2.75, 3.05) is 0 Å². The van der Waals surface area contributed by atoms with Gasteiger partial charge in [-0.25, -0.2) is 0 Å². The van der Waals surface area contributed by atoms with Gasteiger partial charge in [-0.2, -0.15) is 0 Å². The Hall–Kier alpha value is 0.239. The van der Waals surface area contributed by atoms with Crippen LogP contribution in [0.4, 0.5) is 0 Å². The molecule has 0 radical (unpaired) electrons. The number of hydrogen-bond acceptors (Lipinski definition) is 3. The fourth-order valence-electron chi connectivity index (χ4n) is 0. The quantitative estimate of drug-likeness (QED) is 0.262. The fourth-order valence-corrected chi connectivity index (χ4v) is 0. The van der Waals surface area contributed by atoms with Gasteiger partial charge in [-0.05, 0) is 0 Å². The summed E-state index contributed by atoms with van der Waals surface area (Å²) in [6.45, 7) is 0. The Bertz CT molecular complexity index is 3.25. The minimum absolute atomic E-state index is 2.94. The molecule has 0 bridgehead atoms. The monoisotopic (exact) mass is 113 g/mol. The van der Waals surface area contributed by atoms with Gasteiger partial charge in [0.25, 0.3) is 0 Å². The number of rotatable bonds is 0. The van der Waals surface area contributed by atoms with Crippen molar-refractivity contribution in [3.8, 4) is 0 Å². The van der Waals surface area contributed by atoms with Crippen molar-refractivity contribution in [3.05, 3.63) is 0 Å². The Balaban J connectivity index is 0. The van der Waals surface area contributed by atoms with Gasteiger partial charge < -0.3 is 0 Å². The second-order valence-electron chi connectivity index (χ2n) is 0. The van der Waals surface area contributed by atoms with Gasteiger partial charge in [-0.1, -0.05) is 0 Å². The van der Waals surface area contributed by atoms with Crippen molar-refractivity contribution in [2.45, 2.75) is 0 Å². The third-order valence-electron chi connectivity index (χ3n) is 0. The van der Waals surface area contributed by atoms with E-state index in [2.05, 4.69) is 15.9 Å². The van der Waals surface area contributed by atoms with E-state index < -0.39 is 0 Å². The molecule has 0 amide bonds. The summed E-state index contributed by atoms with van der Waals surface area (Å²) in [5.74, 6) is 0. The second-order valence-corrected chi connectivity index (χ2v) is 0. The van der Waals surface area contributed by atoms with Crippen molar-refractivity contribution in [1.82, 2.24) is 0 Å². The molecule has 3 nitrogen and oxygen atoms in total. The van der Waals surface area contributed by atoms with E-state index in [1.54, 1.807) is 0 Å². The first-order chi connectivity index (χ1) is 2.00. The van der Waals surface area contributed by atoms with Gasteiger partial charge in [0.2, 0.25) is 0 Å². The van der Waals surface area contributed by atoms with Gasteiger partial charge in [0, 0.05) is 0 Å². The summed E-state index contributed by atoms with van der Waals surface area (Å²) in [7, 11) is 0. The predicted octanol–water partition coefficient (Wildman–Crippen LogP) is -0.104. The van der Waals surface area contributed by atoms with Crippen molar-refractivity contribution in [1.29, 1.82) is 0 Å². The molecule has 4 heavy (non-hydrogen) atoms. The summed E-state index contributed by atoms with van der Waals surface area (Å²) in [5.41, 5.74) is 0. The van der Waals surface area contributed by atoms with Crippen LogP contribution in [0.1, 0.15) is 0 Å². The Morgan fingerprint density at radius 3 is 1.25 bits per heavy atom. The van der Waals surface area contributed by atoms with Crippen LogP contribution in [0.15, 0.2) is 0 Å². The van der Waals surface area contributed by atoms with E-state index in [1.165, 1.54) is 0 Å². The van der Waals surface area contributed by atoms with Gasteiger partial charge in [0.05, 0.1) is 0 Å². The Morgan fingerprint density at radius 2 is 1.25 bits per heavy atom. The van der Waals surface area contributed by atoms with Crippen LogP contribution in [0.3, 0.4) is 0 Å². The predicted molar refractivity (Wildman–Crippen MR) is 5.94 cm³/mol. The minimum atomic E-state index is 2.94. The SMILES string of the molecule is OO.[O]=[Cu]. The molecule has 0 fully saturated rings. The molecule has 0 aliphatic heterocycles. The standard InChI is InChI=1S/Cu.H2O2.O/c;1-2;/h;1-2H;. The van der Waals surface area contributed by atoms with E-state index in [0.717, 1.165) is 0 Å². The van der Waals surface area contributed by atoms with Crippen molar-refractivity contribution in [2.24, 2.45) is 0 Å². The molecule has 0 aromatic carbocycles. The summed E-state index contributed by atoms with van der Waals surface area (Å²) in [4.78, 5) is 0. The van der Waals surface area contributed by atoms with E-state index in [0.29, 0.717) is 0 Å². The third kappa shape index (κ3) is 60.0. The maximum atomic E-state index is 7.81. The van der Waals surface area contributed by atoms with Crippen molar-refractivity contribution < 1.29 is 30.3 Å². The van der Waals surface area contributed by atoms with E-state index in [-0.39, 0.29) is 0 Å². The molecule has 0 aromatic heterocycles. The molecule has 0 spiro atoms. The van der Waals surface area contributed by atoms with Crippen LogP contribution >= 0.6 is 0 Å². The summed E-state index contributed by atoms with van der Waals surface area (Å²) in [5, 5.41) is 12.0. The second kappa shape index (κ2) is 283. The molecular weight excluding hydrogens is 112 g/mol. The van der Waals surface area contributed by atoms with Crippen LogP contribution in [-0.4, -0.2) is 10.5 Å². The van der Waals surface area contributed by atoms with Crippen LogP contribution < -0.4 is 0 Å². The molecule has 0 unspecified atom stereocenters. The topological polar surface area (TPSA) is 57.5 Å². The first kappa shape index (κ1) is 8.87. The summed E-state index contributed by atoms with van der Waals surface area (Å²) >= 11 is 2.94. The van der Waals surface area contributed by atoms with Crippen LogP contribution in [0.5, 0.6) is 0 Å². The van der Waals surface area contributed by atoms with Crippen molar-refractivity contribution >= 4 is 0 Å². The van der Waals surface area contributed by atoms with Crippen LogP contribution in [0.2, 0.25) is 0 Å². The van der Waals surface area contributed by atoms with Gasteiger partial charge in [-0.3, -0.25) is 10.5 Å². The summed E-state index contributed by atoms with van der Waals surface area (Å²) < 4.78 is 7.81. The van der Waals surface area contributed by atoms with Crippen LogP contribution in [-0.2, 0) is 19.8 Å². The Kier molecular flexibility index (Phi) is 628. The molecule has 0 atom stereocenters. The van der Waals surface area contributed by atoms with Crippen LogP contribution in [0.25, 0.3) is 0 Å². The van der Waals surface area contributed by atoms with E-state index >= 15 is 0 Å².